The topological polar surface area (TPSA) is 67.9 Å². The second-order valence-corrected chi connectivity index (χ2v) is 7.11. The molecule has 0 bridgehead atoms. The average molecular weight is 346 g/mol. The van der Waals surface area contributed by atoms with E-state index in [-0.39, 0.29) is 18.6 Å². The smallest absolute Gasteiger partial charge is 0.252 e. The summed E-state index contributed by atoms with van der Waals surface area (Å²) in [5, 5.41) is 2.93. The Kier molecular flexibility index (Phi) is 5.46. The molecule has 1 aromatic carbocycles. The first-order valence-electron chi connectivity index (χ1n) is 9.04. The lowest BCUT2D eigenvalue weighted by molar-refractivity contribution is -0.134. The third-order valence-electron chi connectivity index (χ3n) is 4.61. The molecular weight excluding hydrogens is 320 g/mol. The summed E-state index contributed by atoms with van der Waals surface area (Å²) in [6.45, 7) is 5.86. The van der Waals surface area contributed by atoms with E-state index in [9.17, 15) is 9.59 Å². The molecular formula is C19H26N2O4. The van der Waals surface area contributed by atoms with Gasteiger partial charge in [-0.1, -0.05) is 13.8 Å². The molecule has 2 aliphatic heterocycles. The lowest BCUT2D eigenvalue weighted by Gasteiger charge is -2.31. The van der Waals surface area contributed by atoms with Crippen LogP contribution in [0.4, 0.5) is 0 Å². The van der Waals surface area contributed by atoms with Gasteiger partial charge in [-0.15, -0.1) is 0 Å². The van der Waals surface area contributed by atoms with E-state index in [4.69, 9.17) is 9.47 Å². The van der Waals surface area contributed by atoms with Crippen molar-refractivity contribution in [3.8, 4) is 11.5 Å². The molecule has 1 atom stereocenters. The largest absolute Gasteiger partial charge is 0.454 e. The van der Waals surface area contributed by atoms with Crippen LogP contribution in [0.1, 0.15) is 49.9 Å². The van der Waals surface area contributed by atoms with Crippen LogP contribution >= 0.6 is 0 Å². The summed E-state index contributed by atoms with van der Waals surface area (Å²) < 4.78 is 10.6. The Hall–Kier alpha value is -2.24. The Morgan fingerprint density at radius 2 is 1.84 bits per heavy atom. The van der Waals surface area contributed by atoms with Gasteiger partial charge in [0.15, 0.2) is 11.5 Å². The first kappa shape index (κ1) is 17.6. The molecule has 0 aliphatic carbocycles. The number of nitrogens with zero attached hydrogens (tertiary/aromatic N) is 1. The zero-order chi connectivity index (χ0) is 17.8. The van der Waals surface area contributed by atoms with Crippen molar-refractivity contribution in [2.24, 2.45) is 5.92 Å². The van der Waals surface area contributed by atoms with Gasteiger partial charge in [-0.25, -0.2) is 0 Å². The van der Waals surface area contributed by atoms with E-state index in [0.29, 0.717) is 29.4 Å². The van der Waals surface area contributed by atoms with Crippen molar-refractivity contribution in [2.75, 3.05) is 19.9 Å². The number of ether oxygens (including phenoxy) is 2. The van der Waals surface area contributed by atoms with Gasteiger partial charge in [-0.05, 0) is 49.8 Å². The minimum absolute atomic E-state index is 0.0301. The second-order valence-electron chi connectivity index (χ2n) is 7.11. The molecule has 0 saturated carbocycles. The van der Waals surface area contributed by atoms with Crippen LogP contribution in [0.15, 0.2) is 18.2 Å². The third kappa shape index (κ3) is 4.24. The summed E-state index contributed by atoms with van der Waals surface area (Å²) >= 11 is 0. The standard InChI is InChI=1S/C19H26N2O4/c1-13(2)10-15(19(23)21-8-4-3-5-9-21)20-18(22)14-6-7-16-17(11-14)25-12-24-16/h6-7,11,13,15H,3-5,8-10,12H2,1-2H3,(H,20,22)/t15-/m0/s1. The van der Waals surface area contributed by atoms with Crippen LogP contribution in [-0.4, -0.2) is 42.6 Å². The highest BCUT2D eigenvalue weighted by Crippen LogP contribution is 2.32. The van der Waals surface area contributed by atoms with E-state index >= 15 is 0 Å². The average Bonchev–Trinajstić information content (AvgIpc) is 3.08. The van der Waals surface area contributed by atoms with Crippen molar-refractivity contribution in [3.63, 3.8) is 0 Å². The second kappa shape index (κ2) is 7.76. The summed E-state index contributed by atoms with van der Waals surface area (Å²) in [7, 11) is 0. The molecule has 1 aromatic rings. The van der Waals surface area contributed by atoms with Crippen molar-refractivity contribution >= 4 is 11.8 Å². The van der Waals surface area contributed by atoms with E-state index in [1.165, 1.54) is 6.42 Å². The van der Waals surface area contributed by atoms with Gasteiger partial charge in [0.2, 0.25) is 12.7 Å². The molecule has 136 valence electrons. The van der Waals surface area contributed by atoms with Gasteiger partial charge in [0.25, 0.3) is 5.91 Å². The first-order valence-corrected chi connectivity index (χ1v) is 9.04. The molecule has 0 radical (unpaired) electrons. The van der Waals surface area contributed by atoms with Crippen LogP contribution in [0.5, 0.6) is 11.5 Å². The van der Waals surface area contributed by atoms with Gasteiger partial charge >= 0.3 is 0 Å². The lowest BCUT2D eigenvalue weighted by atomic mass is 10.0. The molecule has 1 saturated heterocycles. The van der Waals surface area contributed by atoms with Crippen LogP contribution in [0, 0.1) is 5.92 Å². The maximum absolute atomic E-state index is 12.9. The molecule has 6 nitrogen and oxygen atoms in total. The van der Waals surface area contributed by atoms with Crippen molar-refractivity contribution in [2.45, 2.75) is 45.6 Å². The van der Waals surface area contributed by atoms with Crippen molar-refractivity contribution in [1.29, 1.82) is 0 Å². The summed E-state index contributed by atoms with van der Waals surface area (Å²) in [4.78, 5) is 27.4. The number of amides is 2. The fourth-order valence-corrected chi connectivity index (χ4v) is 3.31. The highest BCUT2D eigenvalue weighted by Gasteiger charge is 2.28. The lowest BCUT2D eigenvalue weighted by Crippen LogP contribution is -2.50. The number of rotatable bonds is 5. The Balaban J connectivity index is 1.70. The number of hydrogen-bond acceptors (Lipinski definition) is 4. The molecule has 1 fully saturated rings. The highest BCUT2D eigenvalue weighted by molar-refractivity contribution is 5.98. The normalized spacial score (nSPS) is 17.5. The predicted molar refractivity (Wildman–Crippen MR) is 93.7 cm³/mol. The monoisotopic (exact) mass is 346 g/mol. The Labute approximate surface area is 148 Å². The van der Waals surface area contributed by atoms with Crippen LogP contribution in [0.25, 0.3) is 0 Å². The minimum Gasteiger partial charge on any atom is -0.454 e. The quantitative estimate of drug-likeness (QED) is 0.890. The molecule has 25 heavy (non-hydrogen) atoms. The zero-order valence-corrected chi connectivity index (χ0v) is 14.9. The zero-order valence-electron chi connectivity index (χ0n) is 14.9. The SMILES string of the molecule is CC(C)C[C@H](NC(=O)c1ccc2c(c1)OCO2)C(=O)N1CCCCC1. The number of nitrogens with one attached hydrogen (secondary N) is 1. The number of likely N-dealkylation sites (tertiary alicyclic amines) is 1. The van der Waals surface area contributed by atoms with Crippen LogP contribution in [0.2, 0.25) is 0 Å². The number of benzene rings is 1. The number of hydrogen-bond donors (Lipinski definition) is 1. The number of fused-ring (bicyclic) bond motifs is 1. The molecule has 2 amide bonds. The van der Waals surface area contributed by atoms with Gasteiger partial charge in [-0.3, -0.25) is 9.59 Å². The van der Waals surface area contributed by atoms with Crippen LogP contribution in [0.3, 0.4) is 0 Å². The third-order valence-corrected chi connectivity index (χ3v) is 4.61. The summed E-state index contributed by atoms with van der Waals surface area (Å²) in [5.74, 6) is 1.29. The molecule has 3 rings (SSSR count). The van der Waals surface area contributed by atoms with E-state index in [1.807, 2.05) is 4.90 Å². The molecule has 2 heterocycles. The maximum atomic E-state index is 12.9. The fraction of sp³-hybridized carbons (Fsp3) is 0.579. The van der Waals surface area contributed by atoms with Crippen LogP contribution in [-0.2, 0) is 4.79 Å². The Bertz CT molecular complexity index is 638. The van der Waals surface area contributed by atoms with Gasteiger partial charge < -0.3 is 19.7 Å². The summed E-state index contributed by atoms with van der Waals surface area (Å²) in [6.07, 6.45) is 3.88. The van der Waals surface area contributed by atoms with Crippen molar-refractivity contribution in [3.05, 3.63) is 23.8 Å². The molecule has 6 heteroatoms. The molecule has 0 spiro atoms. The van der Waals surface area contributed by atoms with E-state index in [0.717, 1.165) is 25.9 Å². The van der Waals surface area contributed by atoms with Crippen LogP contribution < -0.4 is 14.8 Å². The van der Waals surface area contributed by atoms with E-state index in [1.54, 1.807) is 18.2 Å². The number of carbonyl (C=O) groups excluding carboxylic acids is 2. The Morgan fingerprint density at radius 1 is 1.12 bits per heavy atom. The van der Waals surface area contributed by atoms with Gasteiger partial charge in [0.1, 0.15) is 6.04 Å². The van der Waals surface area contributed by atoms with Gasteiger partial charge in [0, 0.05) is 18.7 Å². The summed E-state index contributed by atoms with van der Waals surface area (Å²) in [6, 6.07) is 4.59. The van der Waals surface area contributed by atoms with E-state index in [2.05, 4.69) is 19.2 Å². The predicted octanol–water partition coefficient (Wildman–Crippen LogP) is 2.57. The minimum atomic E-state index is -0.490. The van der Waals surface area contributed by atoms with Gasteiger partial charge in [0.05, 0.1) is 0 Å². The molecule has 2 aliphatic rings. The van der Waals surface area contributed by atoms with Gasteiger partial charge in [-0.2, -0.15) is 0 Å². The highest BCUT2D eigenvalue weighted by atomic mass is 16.7. The first-order chi connectivity index (χ1) is 12.0. The molecule has 1 N–H and O–H groups in total. The number of piperidine rings is 1. The van der Waals surface area contributed by atoms with E-state index < -0.39 is 6.04 Å². The summed E-state index contributed by atoms with van der Waals surface area (Å²) in [5.41, 5.74) is 0.476. The maximum Gasteiger partial charge on any atom is 0.252 e. The molecule has 0 aromatic heterocycles. The van der Waals surface area contributed by atoms with Crippen molar-refractivity contribution in [1.82, 2.24) is 10.2 Å². The fourth-order valence-electron chi connectivity index (χ4n) is 3.31. The number of carbonyl (C=O) groups is 2. The molecule has 0 unspecified atom stereocenters. The van der Waals surface area contributed by atoms with Crippen molar-refractivity contribution < 1.29 is 19.1 Å². The Morgan fingerprint density at radius 3 is 2.56 bits per heavy atom.